The average molecular weight is 443 g/mol. The molecule has 172 valence electrons. The number of carbonyl (C=O) groups excluding carboxylic acids is 2. The molecule has 32 heavy (non-hydrogen) atoms. The number of nitrogens with one attached hydrogen (secondary N) is 1. The molecule has 1 fully saturated rings. The van der Waals surface area contributed by atoms with Crippen molar-refractivity contribution in [1.29, 1.82) is 0 Å². The fraction of sp³-hybridized carbons (Fsp3) is 0.440. The summed E-state index contributed by atoms with van der Waals surface area (Å²) in [6.07, 6.45) is 0.785. The zero-order chi connectivity index (χ0) is 23.1. The molecule has 0 saturated carbocycles. The molecule has 1 saturated heterocycles. The fourth-order valence-electron chi connectivity index (χ4n) is 3.93. The Morgan fingerprint density at radius 1 is 1.19 bits per heavy atom. The summed E-state index contributed by atoms with van der Waals surface area (Å²) < 4.78 is 18.8. The number of halogens is 1. The Morgan fingerprint density at radius 3 is 2.56 bits per heavy atom. The molecule has 0 radical (unpaired) electrons. The van der Waals surface area contributed by atoms with Crippen molar-refractivity contribution in [2.75, 3.05) is 26.2 Å². The molecule has 1 aliphatic rings. The van der Waals surface area contributed by atoms with E-state index < -0.39 is 6.10 Å². The minimum Gasteiger partial charge on any atom is -0.490 e. The molecule has 1 heterocycles. The van der Waals surface area contributed by atoms with Crippen LogP contribution < -0.4 is 10.1 Å². The zero-order valence-electron chi connectivity index (χ0n) is 18.6. The second kappa shape index (κ2) is 11.1. The minimum atomic E-state index is -0.835. The molecule has 2 amide bonds. The van der Waals surface area contributed by atoms with Crippen molar-refractivity contribution in [2.24, 2.45) is 5.92 Å². The molecule has 0 bridgehead atoms. The van der Waals surface area contributed by atoms with Gasteiger partial charge in [-0.05, 0) is 55.5 Å². The highest BCUT2D eigenvalue weighted by Gasteiger charge is 2.28. The molecule has 2 aromatic rings. The number of rotatable bonds is 8. The first-order valence-corrected chi connectivity index (χ1v) is 11.0. The van der Waals surface area contributed by atoms with Crippen LogP contribution in [0.15, 0.2) is 42.5 Å². The number of piperidine rings is 1. The first-order chi connectivity index (χ1) is 15.3. The number of ether oxygens (including phenoxy) is 1. The van der Waals surface area contributed by atoms with E-state index in [0.717, 1.165) is 28.9 Å². The second-order valence-corrected chi connectivity index (χ2v) is 8.41. The van der Waals surface area contributed by atoms with Crippen molar-refractivity contribution >= 4 is 11.8 Å². The van der Waals surface area contributed by atoms with Crippen molar-refractivity contribution in [1.82, 2.24) is 10.2 Å². The monoisotopic (exact) mass is 442 g/mol. The van der Waals surface area contributed by atoms with Crippen LogP contribution in [0.1, 0.15) is 29.5 Å². The molecule has 0 aromatic heterocycles. The van der Waals surface area contributed by atoms with Gasteiger partial charge in [0, 0.05) is 19.6 Å². The maximum atomic E-state index is 13.1. The molecule has 2 aromatic carbocycles. The van der Waals surface area contributed by atoms with Crippen molar-refractivity contribution in [3.05, 3.63) is 65.0 Å². The summed E-state index contributed by atoms with van der Waals surface area (Å²) in [4.78, 5) is 26.9. The molecule has 1 aliphatic heterocycles. The molecule has 2 atom stereocenters. The van der Waals surface area contributed by atoms with Gasteiger partial charge in [-0.25, -0.2) is 4.39 Å². The molecular formula is C25H31FN2O4. The lowest BCUT2D eigenvalue weighted by Crippen LogP contribution is -2.47. The maximum absolute atomic E-state index is 13.1. The molecule has 2 unspecified atom stereocenters. The van der Waals surface area contributed by atoms with Crippen LogP contribution in [0.2, 0.25) is 0 Å². The van der Waals surface area contributed by atoms with Crippen molar-refractivity contribution in [3.63, 3.8) is 0 Å². The van der Waals surface area contributed by atoms with Crippen molar-refractivity contribution in [2.45, 2.75) is 39.2 Å². The Morgan fingerprint density at radius 2 is 1.88 bits per heavy atom. The SMILES string of the molecule is Cc1cccc(C)c1OCC(O)CNC(=O)C1CCCN(C(=O)Cc2ccc(F)cc2)C1. The van der Waals surface area contributed by atoms with E-state index >= 15 is 0 Å². The number of benzene rings is 2. The van der Waals surface area contributed by atoms with E-state index in [0.29, 0.717) is 19.5 Å². The lowest BCUT2D eigenvalue weighted by molar-refractivity contribution is -0.135. The summed E-state index contributed by atoms with van der Waals surface area (Å²) in [5.74, 6) is -0.141. The lowest BCUT2D eigenvalue weighted by Gasteiger charge is -2.32. The number of amides is 2. The molecule has 0 aliphatic carbocycles. The van der Waals surface area contributed by atoms with Gasteiger partial charge in [-0.1, -0.05) is 30.3 Å². The Kier molecular flexibility index (Phi) is 8.22. The number of aliphatic hydroxyl groups is 1. The van der Waals surface area contributed by atoms with E-state index in [1.807, 2.05) is 32.0 Å². The van der Waals surface area contributed by atoms with Crippen LogP contribution in [-0.2, 0) is 16.0 Å². The van der Waals surface area contributed by atoms with Gasteiger partial charge in [0.1, 0.15) is 24.3 Å². The predicted octanol–water partition coefficient (Wildman–Crippen LogP) is 2.78. The zero-order valence-corrected chi connectivity index (χ0v) is 18.6. The highest BCUT2D eigenvalue weighted by Crippen LogP contribution is 2.22. The molecule has 7 heteroatoms. The molecule has 2 N–H and O–H groups in total. The number of nitrogens with zero attached hydrogens (tertiary/aromatic N) is 1. The third-order valence-corrected chi connectivity index (χ3v) is 5.75. The number of para-hydroxylation sites is 1. The smallest absolute Gasteiger partial charge is 0.227 e. The van der Waals surface area contributed by atoms with Gasteiger partial charge >= 0.3 is 0 Å². The Hall–Kier alpha value is -2.93. The number of aryl methyl sites for hydroxylation is 2. The summed E-state index contributed by atoms with van der Waals surface area (Å²) in [5.41, 5.74) is 2.73. The van der Waals surface area contributed by atoms with Gasteiger partial charge in [-0.3, -0.25) is 9.59 Å². The van der Waals surface area contributed by atoms with Gasteiger partial charge in [0.25, 0.3) is 0 Å². The van der Waals surface area contributed by atoms with E-state index in [4.69, 9.17) is 4.74 Å². The number of aliphatic hydroxyl groups excluding tert-OH is 1. The highest BCUT2D eigenvalue weighted by atomic mass is 19.1. The average Bonchev–Trinajstić information content (AvgIpc) is 2.78. The van der Waals surface area contributed by atoms with Gasteiger partial charge < -0.3 is 20.1 Å². The number of likely N-dealkylation sites (tertiary alicyclic amines) is 1. The predicted molar refractivity (Wildman–Crippen MR) is 120 cm³/mol. The second-order valence-electron chi connectivity index (χ2n) is 8.41. The standard InChI is InChI=1S/C25H31FN2O4/c1-17-5-3-6-18(2)24(17)32-16-22(29)14-27-25(31)20-7-4-12-28(15-20)23(30)13-19-8-10-21(26)11-9-19/h3,5-6,8-11,20,22,29H,4,7,12-16H2,1-2H3,(H,27,31). The highest BCUT2D eigenvalue weighted by molar-refractivity contribution is 5.82. The molecule has 3 rings (SSSR count). The Balaban J connectivity index is 1.44. The third kappa shape index (κ3) is 6.53. The van der Waals surface area contributed by atoms with E-state index in [9.17, 15) is 19.1 Å². The van der Waals surface area contributed by atoms with Gasteiger partial charge in [0.2, 0.25) is 11.8 Å². The van der Waals surface area contributed by atoms with Crippen molar-refractivity contribution in [3.8, 4) is 5.75 Å². The Labute approximate surface area is 188 Å². The quantitative estimate of drug-likeness (QED) is 0.659. The molecule has 6 nitrogen and oxygen atoms in total. The van der Waals surface area contributed by atoms with E-state index in [1.165, 1.54) is 12.1 Å². The topological polar surface area (TPSA) is 78.9 Å². The molecule has 0 spiro atoms. The van der Waals surface area contributed by atoms with E-state index in [2.05, 4.69) is 5.32 Å². The van der Waals surface area contributed by atoms with Crippen LogP contribution >= 0.6 is 0 Å². The van der Waals surface area contributed by atoms with Crippen LogP contribution in [0, 0.1) is 25.6 Å². The summed E-state index contributed by atoms with van der Waals surface area (Å²) in [7, 11) is 0. The maximum Gasteiger partial charge on any atom is 0.227 e. The fourth-order valence-corrected chi connectivity index (χ4v) is 3.93. The largest absolute Gasteiger partial charge is 0.490 e. The number of carbonyl (C=O) groups is 2. The van der Waals surface area contributed by atoms with Gasteiger partial charge in [-0.2, -0.15) is 0 Å². The van der Waals surface area contributed by atoms with Crippen LogP contribution in [0.25, 0.3) is 0 Å². The first kappa shape index (κ1) is 23.7. The summed E-state index contributed by atoms with van der Waals surface area (Å²) >= 11 is 0. The Bertz CT molecular complexity index is 912. The van der Waals surface area contributed by atoms with Crippen LogP contribution in [0.4, 0.5) is 4.39 Å². The lowest BCUT2D eigenvalue weighted by atomic mass is 9.96. The summed E-state index contributed by atoms with van der Waals surface area (Å²) in [6.45, 7) is 5.02. The number of hydrogen-bond donors (Lipinski definition) is 2. The first-order valence-electron chi connectivity index (χ1n) is 11.0. The normalized spacial score (nSPS) is 17.0. The summed E-state index contributed by atoms with van der Waals surface area (Å²) in [5, 5.41) is 13.0. The third-order valence-electron chi connectivity index (χ3n) is 5.75. The van der Waals surface area contributed by atoms with Crippen LogP contribution in [-0.4, -0.2) is 54.2 Å². The van der Waals surface area contributed by atoms with Crippen LogP contribution in [0.5, 0.6) is 5.75 Å². The molecular weight excluding hydrogens is 411 g/mol. The van der Waals surface area contributed by atoms with E-state index in [1.54, 1.807) is 17.0 Å². The van der Waals surface area contributed by atoms with E-state index in [-0.39, 0.29) is 43.1 Å². The van der Waals surface area contributed by atoms with Crippen LogP contribution in [0.3, 0.4) is 0 Å². The summed E-state index contributed by atoms with van der Waals surface area (Å²) in [6, 6.07) is 11.7. The van der Waals surface area contributed by atoms with Crippen molar-refractivity contribution < 1.29 is 23.8 Å². The van der Waals surface area contributed by atoms with Gasteiger partial charge in [0.15, 0.2) is 0 Å². The number of hydrogen-bond acceptors (Lipinski definition) is 4. The minimum absolute atomic E-state index is 0.0730. The van der Waals surface area contributed by atoms with Gasteiger partial charge in [-0.15, -0.1) is 0 Å². The van der Waals surface area contributed by atoms with Gasteiger partial charge in [0.05, 0.1) is 12.3 Å².